The number of pyridine rings is 1. The van der Waals surface area contributed by atoms with Gasteiger partial charge >= 0.3 is 0 Å². The van der Waals surface area contributed by atoms with E-state index in [-0.39, 0.29) is 6.61 Å². The van der Waals surface area contributed by atoms with Gasteiger partial charge in [-0.15, -0.1) is 5.10 Å². The number of ether oxygens (including phenoxy) is 1. The van der Waals surface area contributed by atoms with Crippen molar-refractivity contribution < 1.29 is 9.84 Å². The maximum Gasteiger partial charge on any atom is 0.119 e. The number of aryl methyl sites for hydroxylation is 1. The molecule has 0 aliphatic carbocycles. The first-order valence-electron chi connectivity index (χ1n) is 6.19. The van der Waals surface area contributed by atoms with Crippen molar-refractivity contribution >= 4 is 10.9 Å². The van der Waals surface area contributed by atoms with Gasteiger partial charge in [0.2, 0.25) is 0 Å². The van der Waals surface area contributed by atoms with Gasteiger partial charge in [-0.25, -0.2) is 4.68 Å². The number of benzene rings is 1. The molecular weight excluding hydrogens is 256 g/mol. The lowest BCUT2D eigenvalue weighted by Gasteiger charge is -2.08. The molecule has 0 radical (unpaired) electrons. The highest BCUT2D eigenvalue weighted by Gasteiger charge is 2.09. The monoisotopic (exact) mass is 270 g/mol. The summed E-state index contributed by atoms with van der Waals surface area (Å²) in [7, 11) is 1.63. The van der Waals surface area contributed by atoms with Crippen LogP contribution in [0.15, 0.2) is 30.5 Å². The van der Waals surface area contributed by atoms with Gasteiger partial charge in [0.05, 0.1) is 31.1 Å². The minimum absolute atomic E-state index is 0.134. The summed E-state index contributed by atoms with van der Waals surface area (Å²) >= 11 is 0. The van der Waals surface area contributed by atoms with Crippen molar-refractivity contribution in [3.8, 4) is 11.4 Å². The van der Waals surface area contributed by atoms with E-state index in [0.717, 1.165) is 28.0 Å². The van der Waals surface area contributed by atoms with Crippen molar-refractivity contribution in [2.45, 2.75) is 13.5 Å². The van der Waals surface area contributed by atoms with Crippen LogP contribution in [0.4, 0.5) is 0 Å². The first-order chi connectivity index (χ1) is 9.71. The number of aliphatic hydroxyl groups is 1. The fourth-order valence-electron chi connectivity index (χ4n) is 2.12. The zero-order valence-corrected chi connectivity index (χ0v) is 11.2. The van der Waals surface area contributed by atoms with E-state index in [1.165, 1.54) is 0 Å². The zero-order chi connectivity index (χ0) is 14.1. The molecule has 0 aliphatic rings. The molecule has 2 heterocycles. The maximum atomic E-state index is 9.10. The van der Waals surface area contributed by atoms with Crippen molar-refractivity contribution in [2.75, 3.05) is 7.11 Å². The minimum Gasteiger partial charge on any atom is -0.497 e. The third-order valence-corrected chi connectivity index (χ3v) is 3.07. The van der Waals surface area contributed by atoms with Gasteiger partial charge in [-0.05, 0) is 31.2 Å². The number of aromatic nitrogens is 4. The van der Waals surface area contributed by atoms with Crippen LogP contribution in [-0.4, -0.2) is 32.2 Å². The van der Waals surface area contributed by atoms with Crippen LogP contribution in [0, 0.1) is 6.92 Å². The Balaban J connectivity index is 2.26. The van der Waals surface area contributed by atoms with Gasteiger partial charge in [0.25, 0.3) is 0 Å². The van der Waals surface area contributed by atoms with E-state index in [2.05, 4.69) is 15.3 Å². The van der Waals surface area contributed by atoms with Crippen molar-refractivity contribution in [1.29, 1.82) is 0 Å². The lowest BCUT2D eigenvalue weighted by molar-refractivity contribution is 0.276. The van der Waals surface area contributed by atoms with Gasteiger partial charge in [-0.1, -0.05) is 5.21 Å². The fourth-order valence-corrected chi connectivity index (χ4v) is 2.12. The molecule has 0 saturated heterocycles. The van der Waals surface area contributed by atoms with E-state index < -0.39 is 0 Å². The fraction of sp³-hybridized carbons (Fsp3) is 0.214. The molecule has 0 fully saturated rings. The molecule has 0 amide bonds. The van der Waals surface area contributed by atoms with Gasteiger partial charge in [0.1, 0.15) is 11.4 Å². The highest BCUT2D eigenvalue weighted by atomic mass is 16.5. The van der Waals surface area contributed by atoms with E-state index >= 15 is 0 Å². The van der Waals surface area contributed by atoms with Crippen LogP contribution < -0.4 is 4.74 Å². The zero-order valence-electron chi connectivity index (χ0n) is 11.2. The van der Waals surface area contributed by atoms with Gasteiger partial charge in [0, 0.05) is 11.1 Å². The largest absolute Gasteiger partial charge is 0.497 e. The summed E-state index contributed by atoms with van der Waals surface area (Å²) in [6.07, 6.45) is 1.70. The van der Waals surface area contributed by atoms with Crippen LogP contribution >= 0.6 is 0 Å². The van der Waals surface area contributed by atoms with E-state index in [1.807, 2.05) is 31.2 Å². The summed E-state index contributed by atoms with van der Waals surface area (Å²) in [5.74, 6) is 0.756. The summed E-state index contributed by atoms with van der Waals surface area (Å²) < 4.78 is 6.90. The van der Waals surface area contributed by atoms with Crippen LogP contribution in [0.1, 0.15) is 11.4 Å². The second kappa shape index (κ2) is 4.90. The number of methoxy groups -OCH3 is 1. The molecular formula is C14H14N4O2. The highest BCUT2D eigenvalue weighted by molar-refractivity contribution is 5.88. The summed E-state index contributed by atoms with van der Waals surface area (Å²) in [4.78, 5) is 4.50. The third-order valence-electron chi connectivity index (χ3n) is 3.07. The average molecular weight is 270 g/mol. The van der Waals surface area contributed by atoms with Gasteiger partial charge < -0.3 is 9.84 Å². The van der Waals surface area contributed by atoms with E-state index in [9.17, 15) is 0 Å². The molecule has 3 aromatic rings. The molecule has 102 valence electrons. The smallest absolute Gasteiger partial charge is 0.119 e. The number of rotatable bonds is 3. The second-order valence-electron chi connectivity index (χ2n) is 4.48. The van der Waals surface area contributed by atoms with E-state index in [1.54, 1.807) is 18.0 Å². The van der Waals surface area contributed by atoms with Crippen LogP contribution in [0.2, 0.25) is 0 Å². The van der Waals surface area contributed by atoms with Crippen molar-refractivity contribution in [1.82, 2.24) is 20.0 Å². The molecule has 2 aromatic heterocycles. The highest BCUT2D eigenvalue weighted by Crippen LogP contribution is 2.25. The van der Waals surface area contributed by atoms with Crippen LogP contribution in [0.25, 0.3) is 16.6 Å². The average Bonchev–Trinajstić information content (AvgIpc) is 2.94. The Morgan fingerprint density at radius 2 is 2.15 bits per heavy atom. The SMILES string of the molecule is COc1ccc2nc(C)cc(-n3cc(CO)nn3)c2c1. The van der Waals surface area contributed by atoms with E-state index in [4.69, 9.17) is 9.84 Å². The Labute approximate surface area is 115 Å². The number of aliphatic hydroxyl groups excluding tert-OH is 1. The van der Waals surface area contributed by atoms with Gasteiger partial charge in [-0.3, -0.25) is 4.98 Å². The molecule has 0 atom stereocenters. The lowest BCUT2D eigenvalue weighted by Crippen LogP contribution is -1.99. The molecule has 0 bridgehead atoms. The predicted molar refractivity (Wildman–Crippen MR) is 73.9 cm³/mol. The number of nitrogens with zero attached hydrogens (tertiary/aromatic N) is 4. The minimum atomic E-state index is -0.134. The summed E-state index contributed by atoms with van der Waals surface area (Å²) in [6.45, 7) is 1.79. The molecule has 0 aliphatic heterocycles. The molecule has 6 nitrogen and oxygen atoms in total. The molecule has 3 rings (SSSR count). The van der Waals surface area contributed by atoms with Gasteiger partial charge in [-0.2, -0.15) is 0 Å². The number of fused-ring (bicyclic) bond motifs is 1. The normalized spacial score (nSPS) is 10.9. The van der Waals surface area contributed by atoms with Crippen LogP contribution in [-0.2, 0) is 6.61 Å². The Morgan fingerprint density at radius 3 is 2.85 bits per heavy atom. The molecule has 6 heteroatoms. The third kappa shape index (κ3) is 2.10. The standard InChI is InChI=1S/C14H14N4O2/c1-9-5-14(18-7-10(8-19)16-17-18)12-6-11(20-2)3-4-13(12)15-9/h3-7,19H,8H2,1-2H3. The molecule has 0 spiro atoms. The maximum absolute atomic E-state index is 9.10. The molecule has 0 unspecified atom stereocenters. The molecule has 1 N–H and O–H groups in total. The van der Waals surface area contributed by atoms with Crippen LogP contribution in [0.5, 0.6) is 5.75 Å². The Kier molecular flexibility index (Phi) is 3.08. The van der Waals surface area contributed by atoms with Crippen molar-refractivity contribution in [2.24, 2.45) is 0 Å². The van der Waals surface area contributed by atoms with Crippen molar-refractivity contribution in [3.63, 3.8) is 0 Å². The van der Waals surface area contributed by atoms with Gasteiger partial charge in [0.15, 0.2) is 0 Å². The Bertz CT molecular complexity index is 767. The molecule has 0 saturated carbocycles. The lowest BCUT2D eigenvalue weighted by atomic mass is 10.1. The molecule has 20 heavy (non-hydrogen) atoms. The Hall–Kier alpha value is -2.47. The predicted octanol–water partition coefficient (Wildman–Crippen LogP) is 1.62. The quantitative estimate of drug-likeness (QED) is 0.783. The van der Waals surface area contributed by atoms with Crippen molar-refractivity contribution in [3.05, 3.63) is 41.9 Å². The summed E-state index contributed by atoms with van der Waals surface area (Å²) in [5.41, 5.74) is 3.13. The number of hydrogen-bond donors (Lipinski definition) is 1. The molecule has 1 aromatic carbocycles. The second-order valence-corrected chi connectivity index (χ2v) is 4.48. The summed E-state index contributed by atoms with van der Waals surface area (Å²) in [5, 5.41) is 18.0. The first kappa shape index (κ1) is 12.6. The van der Waals surface area contributed by atoms with Crippen LogP contribution in [0.3, 0.4) is 0 Å². The van der Waals surface area contributed by atoms with E-state index in [0.29, 0.717) is 5.69 Å². The summed E-state index contributed by atoms with van der Waals surface area (Å²) in [6, 6.07) is 7.63. The number of hydrogen-bond acceptors (Lipinski definition) is 5. The topological polar surface area (TPSA) is 73.1 Å². The first-order valence-corrected chi connectivity index (χ1v) is 6.19. The Morgan fingerprint density at radius 1 is 1.30 bits per heavy atom.